The van der Waals surface area contributed by atoms with E-state index in [0.717, 1.165) is 16.0 Å². The van der Waals surface area contributed by atoms with E-state index in [1.807, 2.05) is 56.3 Å². The molecule has 3 aromatic rings. The highest BCUT2D eigenvalue weighted by Gasteiger charge is 2.22. The van der Waals surface area contributed by atoms with Crippen LogP contribution in [0.4, 0.5) is 5.69 Å². The Labute approximate surface area is 194 Å². The molecule has 1 N–H and O–H groups in total. The summed E-state index contributed by atoms with van der Waals surface area (Å²) in [6.07, 6.45) is 0. The van der Waals surface area contributed by atoms with Gasteiger partial charge in [-0.3, -0.25) is 4.72 Å². The van der Waals surface area contributed by atoms with Crippen LogP contribution in [0.15, 0.2) is 70.5 Å². The molecule has 0 fully saturated rings. The van der Waals surface area contributed by atoms with Crippen molar-refractivity contribution < 1.29 is 13.2 Å². The van der Waals surface area contributed by atoms with Crippen LogP contribution < -0.4 is 9.46 Å². The Balaban J connectivity index is 1.88. The summed E-state index contributed by atoms with van der Waals surface area (Å²) >= 11 is 7.53. The molecule has 0 atom stereocenters. The van der Waals surface area contributed by atoms with E-state index in [2.05, 4.69) is 4.72 Å². The number of para-hydroxylation sites is 1. The second-order valence-corrected chi connectivity index (χ2v) is 10.6. The number of hydrogen-bond donors (Lipinski definition) is 1. The molecule has 0 aliphatic rings. The van der Waals surface area contributed by atoms with E-state index in [-0.39, 0.29) is 10.8 Å². The van der Waals surface area contributed by atoms with Crippen molar-refractivity contribution in [2.75, 3.05) is 11.8 Å². The molecule has 0 heterocycles. The zero-order chi connectivity index (χ0) is 22.6. The zero-order valence-electron chi connectivity index (χ0n) is 18.0. The molecular formula is C24H26ClNO3S2. The normalized spacial score (nSPS) is 11.5. The van der Waals surface area contributed by atoms with Gasteiger partial charge >= 0.3 is 0 Å². The Bertz CT molecular complexity index is 1160. The number of aryl methyl sites for hydroxylation is 1. The van der Waals surface area contributed by atoms with Gasteiger partial charge in [-0.1, -0.05) is 49.7 Å². The first-order valence-electron chi connectivity index (χ1n) is 9.89. The van der Waals surface area contributed by atoms with Crippen molar-refractivity contribution in [3.05, 3.63) is 82.4 Å². The first kappa shape index (κ1) is 23.5. The SMILES string of the molecule is COc1cc(C)c(S(=O)(=O)Nc2ccccc2SCc2ccc(Cl)cc2)cc1C(C)C. The van der Waals surface area contributed by atoms with E-state index in [0.29, 0.717) is 27.8 Å². The Hall–Kier alpha value is -2.15. The standard InChI is InChI=1S/C24H26ClNO3S2/c1-16(2)20-14-24(17(3)13-22(20)29-4)31(27,28)26-21-7-5-6-8-23(21)30-15-18-9-11-19(25)12-10-18/h5-14,16,26H,15H2,1-4H3. The highest BCUT2D eigenvalue weighted by Crippen LogP contribution is 2.35. The van der Waals surface area contributed by atoms with Crippen molar-refractivity contribution in [1.82, 2.24) is 0 Å². The van der Waals surface area contributed by atoms with Crippen LogP contribution in [0.2, 0.25) is 5.02 Å². The monoisotopic (exact) mass is 475 g/mol. The maximum atomic E-state index is 13.3. The van der Waals surface area contributed by atoms with Crippen molar-refractivity contribution in [1.29, 1.82) is 0 Å². The number of anilines is 1. The summed E-state index contributed by atoms with van der Waals surface area (Å²) in [4.78, 5) is 1.12. The third kappa shape index (κ3) is 5.76. The third-order valence-electron chi connectivity index (χ3n) is 4.88. The fourth-order valence-corrected chi connectivity index (χ4v) is 5.71. The number of thioether (sulfide) groups is 1. The molecule has 0 radical (unpaired) electrons. The molecule has 164 valence electrons. The Morgan fingerprint density at radius 1 is 1.06 bits per heavy atom. The number of benzene rings is 3. The highest BCUT2D eigenvalue weighted by atomic mass is 35.5. The molecule has 0 amide bonds. The molecule has 3 rings (SSSR count). The van der Waals surface area contributed by atoms with Crippen LogP contribution in [0.3, 0.4) is 0 Å². The van der Waals surface area contributed by atoms with E-state index < -0.39 is 10.0 Å². The van der Waals surface area contributed by atoms with Gasteiger partial charge in [0, 0.05) is 15.7 Å². The van der Waals surface area contributed by atoms with Gasteiger partial charge in [0.1, 0.15) is 5.75 Å². The summed E-state index contributed by atoms with van der Waals surface area (Å²) in [5.41, 5.74) is 3.17. The number of rotatable bonds is 8. The molecule has 0 saturated carbocycles. The van der Waals surface area contributed by atoms with Crippen molar-refractivity contribution in [2.24, 2.45) is 0 Å². The molecule has 0 unspecified atom stereocenters. The second-order valence-electron chi connectivity index (χ2n) is 7.53. The molecule has 7 heteroatoms. The van der Waals surface area contributed by atoms with Crippen LogP contribution in [-0.2, 0) is 15.8 Å². The quantitative estimate of drug-likeness (QED) is 0.361. The van der Waals surface area contributed by atoms with Gasteiger partial charge in [-0.25, -0.2) is 8.42 Å². The Kier molecular flexibility index (Phi) is 7.57. The van der Waals surface area contributed by atoms with Crippen molar-refractivity contribution in [3.8, 4) is 5.75 Å². The number of halogens is 1. The lowest BCUT2D eigenvalue weighted by Crippen LogP contribution is -2.15. The van der Waals surface area contributed by atoms with Gasteiger partial charge in [-0.15, -0.1) is 11.8 Å². The molecule has 0 bridgehead atoms. The van der Waals surface area contributed by atoms with E-state index in [9.17, 15) is 8.42 Å². The summed E-state index contributed by atoms with van der Waals surface area (Å²) < 4.78 is 34.8. The lowest BCUT2D eigenvalue weighted by molar-refractivity contribution is 0.406. The van der Waals surface area contributed by atoms with Crippen LogP contribution in [-0.4, -0.2) is 15.5 Å². The fraction of sp³-hybridized carbons (Fsp3) is 0.250. The minimum atomic E-state index is -3.77. The molecule has 0 aliphatic heterocycles. The van der Waals surface area contributed by atoms with Gasteiger partial charge in [0.05, 0.1) is 17.7 Å². The molecule has 0 spiro atoms. The van der Waals surface area contributed by atoms with Crippen molar-refractivity contribution >= 4 is 39.1 Å². The topological polar surface area (TPSA) is 55.4 Å². The number of sulfonamides is 1. The first-order chi connectivity index (χ1) is 14.7. The van der Waals surface area contributed by atoms with Gasteiger partial charge < -0.3 is 4.74 Å². The van der Waals surface area contributed by atoms with Gasteiger partial charge in [0.2, 0.25) is 0 Å². The summed E-state index contributed by atoms with van der Waals surface area (Å²) in [6, 6.07) is 18.6. The predicted molar refractivity (Wildman–Crippen MR) is 130 cm³/mol. The van der Waals surface area contributed by atoms with Crippen molar-refractivity contribution in [3.63, 3.8) is 0 Å². The second kappa shape index (κ2) is 9.98. The third-order valence-corrected chi connectivity index (χ3v) is 7.78. The maximum Gasteiger partial charge on any atom is 0.262 e. The largest absolute Gasteiger partial charge is 0.496 e. The predicted octanol–water partition coefficient (Wildman–Crippen LogP) is 6.87. The van der Waals surface area contributed by atoms with Crippen LogP contribution in [0, 0.1) is 6.92 Å². The molecule has 4 nitrogen and oxygen atoms in total. The fourth-order valence-electron chi connectivity index (χ4n) is 3.21. The zero-order valence-corrected chi connectivity index (χ0v) is 20.4. The Morgan fingerprint density at radius 3 is 2.39 bits per heavy atom. The van der Waals surface area contributed by atoms with Gasteiger partial charge in [0.15, 0.2) is 0 Å². The van der Waals surface area contributed by atoms with Crippen LogP contribution in [0.1, 0.15) is 36.5 Å². The summed E-state index contributed by atoms with van der Waals surface area (Å²) in [5, 5.41) is 0.692. The van der Waals surface area contributed by atoms with Gasteiger partial charge in [-0.05, 0) is 65.9 Å². The minimum absolute atomic E-state index is 0.131. The van der Waals surface area contributed by atoms with E-state index in [1.165, 1.54) is 0 Å². The molecule has 0 aliphatic carbocycles. The highest BCUT2D eigenvalue weighted by molar-refractivity contribution is 7.98. The van der Waals surface area contributed by atoms with Crippen LogP contribution >= 0.6 is 23.4 Å². The van der Waals surface area contributed by atoms with Gasteiger partial charge in [-0.2, -0.15) is 0 Å². The average Bonchev–Trinajstić information content (AvgIpc) is 2.73. The molecule has 3 aromatic carbocycles. The number of nitrogens with one attached hydrogen (secondary N) is 1. The molecule has 31 heavy (non-hydrogen) atoms. The minimum Gasteiger partial charge on any atom is -0.496 e. The Morgan fingerprint density at radius 2 is 1.74 bits per heavy atom. The molecular weight excluding hydrogens is 450 g/mol. The smallest absolute Gasteiger partial charge is 0.262 e. The number of ether oxygens (including phenoxy) is 1. The van der Waals surface area contributed by atoms with E-state index in [4.69, 9.17) is 16.3 Å². The molecule has 0 aromatic heterocycles. The van der Waals surface area contributed by atoms with E-state index in [1.54, 1.807) is 44.0 Å². The number of hydrogen-bond acceptors (Lipinski definition) is 4. The van der Waals surface area contributed by atoms with Crippen LogP contribution in [0.5, 0.6) is 5.75 Å². The van der Waals surface area contributed by atoms with Gasteiger partial charge in [0.25, 0.3) is 10.0 Å². The summed E-state index contributed by atoms with van der Waals surface area (Å²) in [5.74, 6) is 1.53. The lowest BCUT2D eigenvalue weighted by Gasteiger charge is -2.18. The van der Waals surface area contributed by atoms with Crippen molar-refractivity contribution in [2.45, 2.75) is 42.2 Å². The average molecular weight is 476 g/mol. The summed E-state index contributed by atoms with van der Waals surface area (Å²) in [6.45, 7) is 5.81. The maximum absolute atomic E-state index is 13.3. The molecule has 0 saturated heterocycles. The van der Waals surface area contributed by atoms with E-state index >= 15 is 0 Å². The lowest BCUT2D eigenvalue weighted by atomic mass is 10.0. The summed E-state index contributed by atoms with van der Waals surface area (Å²) in [7, 11) is -2.17. The first-order valence-corrected chi connectivity index (χ1v) is 12.7. The van der Waals surface area contributed by atoms with Crippen LogP contribution in [0.25, 0.3) is 0 Å². The number of methoxy groups -OCH3 is 1.